The number of carbonyl (C=O) groups is 1. The summed E-state index contributed by atoms with van der Waals surface area (Å²) < 4.78 is 16.5. The zero-order valence-electron chi connectivity index (χ0n) is 18.3. The van der Waals surface area contributed by atoms with Gasteiger partial charge >= 0.3 is 5.69 Å². The van der Waals surface area contributed by atoms with E-state index >= 15 is 0 Å². The molecule has 0 radical (unpaired) electrons. The normalized spacial score (nSPS) is 13.5. The Bertz CT molecular complexity index is 1080. The Balaban J connectivity index is 1.68. The topological polar surface area (TPSA) is 159 Å². The minimum Gasteiger partial charge on any atom is -0.490 e. The molecule has 0 aromatic heterocycles. The molecule has 0 atom stereocenters. The van der Waals surface area contributed by atoms with Crippen LogP contribution in [0.4, 0.5) is 17.1 Å². The van der Waals surface area contributed by atoms with Crippen molar-refractivity contribution in [2.45, 2.75) is 6.92 Å². The number of non-ortho nitro benzene ring substituents is 1. The molecule has 0 aliphatic carbocycles. The van der Waals surface area contributed by atoms with Crippen molar-refractivity contribution >= 4 is 29.2 Å². The Labute approximate surface area is 194 Å². The minimum absolute atomic E-state index is 0.00143. The molecule has 1 aliphatic heterocycles. The Morgan fingerprint density at radius 1 is 1.12 bits per heavy atom. The zero-order valence-corrected chi connectivity index (χ0v) is 18.3. The highest BCUT2D eigenvalue weighted by Gasteiger charge is 2.20. The molecule has 13 nitrogen and oxygen atoms in total. The maximum Gasteiger partial charge on any atom is 0.301 e. The Kier molecular flexibility index (Phi) is 8.29. The SMILES string of the molecule is CCOc1cc(/C=N/Nc2ccc([N+](=O)[O-])cc2[N+](=O)[O-])ccc1OCC(=O)N1CCOCC1. The molecule has 0 saturated carbocycles. The molecule has 1 heterocycles. The second-order valence-electron chi connectivity index (χ2n) is 7.01. The largest absolute Gasteiger partial charge is 0.490 e. The van der Waals surface area contributed by atoms with Crippen molar-refractivity contribution < 1.29 is 28.9 Å². The molecule has 0 spiro atoms. The Hall–Kier alpha value is -4.26. The highest BCUT2D eigenvalue weighted by atomic mass is 16.6. The second kappa shape index (κ2) is 11.6. The third-order valence-corrected chi connectivity index (χ3v) is 4.77. The fourth-order valence-corrected chi connectivity index (χ4v) is 3.09. The number of benzene rings is 2. The van der Waals surface area contributed by atoms with Gasteiger partial charge in [0.2, 0.25) is 0 Å². The lowest BCUT2D eigenvalue weighted by atomic mass is 10.2. The van der Waals surface area contributed by atoms with Gasteiger partial charge in [0.25, 0.3) is 11.6 Å². The van der Waals surface area contributed by atoms with E-state index < -0.39 is 21.2 Å². The van der Waals surface area contributed by atoms with Gasteiger partial charge in [-0.3, -0.25) is 30.4 Å². The first-order valence-corrected chi connectivity index (χ1v) is 10.4. The number of nitro groups is 2. The maximum atomic E-state index is 12.3. The van der Waals surface area contributed by atoms with Crippen molar-refractivity contribution in [3.05, 3.63) is 62.2 Å². The fraction of sp³-hybridized carbons (Fsp3) is 0.333. The van der Waals surface area contributed by atoms with Gasteiger partial charge in [-0.15, -0.1) is 0 Å². The van der Waals surface area contributed by atoms with Crippen LogP contribution in [0.5, 0.6) is 11.5 Å². The van der Waals surface area contributed by atoms with Crippen molar-refractivity contribution in [3.63, 3.8) is 0 Å². The summed E-state index contributed by atoms with van der Waals surface area (Å²) in [5, 5.41) is 26.0. The van der Waals surface area contributed by atoms with Crippen molar-refractivity contribution in [1.82, 2.24) is 4.90 Å². The number of nitrogens with zero attached hydrogens (tertiary/aromatic N) is 4. The van der Waals surface area contributed by atoms with Gasteiger partial charge in [0, 0.05) is 19.2 Å². The van der Waals surface area contributed by atoms with Crippen molar-refractivity contribution in [3.8, 4) is 11.5 Å². The number of rotatable bonds is 10. The van der Waals surface area contributed by atoms with Crippen LogP contribution in [0.25, 0.3) is 0 Å². The monoisotopic (exact) mass is 473 g/mol. The lowest BCUT2D eigenvalue weighted by Gasteiger charge is -2.26. The molecule has 0 unspecified atom stereocenters. The van der Waals surface area contributed by atoms with Crippen LogP contribution in [0.1, 0.15) is 12.5 Å². The van der Waals surface area contributed by atoms with Crippen LogP contribution < -0.4 is 14.9 Å². The van der Waals surface area contributed by atoms with Gasteiger partial charge < -0.3 is 19.1 Å². The number of amides is 1. The summed E-state index contributed by atoms with van der Waals surface area (Å²) >= 11 is 0. The Morgan fingerprint density at radius 2 is 1.88 bits per heavy atom. The van der Waals surface area contributed by atoms with E-state index in [-0.39, 0.29) is 18.2 Å². The van der Waals surface area contributed by atoms with Crippen LogP contribution in [0.2, 0.25) is 0 Å². The summed E-state index contributed by atoms with van der Waals surface area (Å²) in [5.74, 6) is 0.646. The molecular weight excluding hydrogens is 450 g/mol. The van der Waals surface area contributed by atoms with Crippen molar-refractivity contribution in [1.29, 1.82) is 0 Å². The van der Waals surface area contributed by atoms with Crippen LogP contribution in [0.15, 0.2) is 41.5 Å². The number of nitro benzene ring substituents is 2. The van der Waals surface area contributed by atoms with E-state index in [1.807, 2.05) is 0 Å². The quantitative estimate of drug-likeness (QED) is 0.311. The molecule has 180 valence electrons. The molecule has 1 N–H and O–H groups in total. The number of anilines is 1. The predicted molar refractivity (Wildman–Crippen MR) is 121 cm³/mol. The molecular formula is C21H23N5O8. The molecule has 2 aromatic carbocycles. The average molecular weight is 473 g/mol. The summed E-state index contributed by atoms with van der Waals surface area (Å²) in [7, 11) is 0. The number of hydrogen-bond donors (Lipinski definition) is 1. The highest BCUT2D eigenvalue weighted by Crippen LogP contribution is 2.30. The van der Waals surface area contributed by atoms with E-state index in [2.05, 4.69) is 10.5 Å². The van der Waals surface area contributed by atoms with Gasteiger partial charge in [0.1, 0.15) is 5.69 Å². The van der Waals surface area contributed by atoms with Gasteiger partial charge in [-0.2, -0.15) is 5.10 Å². The minimum atomic E-state index is -0.734. The van der Waals surface area contributed by atoms with Gasteiger partial charge in [0.15, 0.2) is 18.1 Å². The molecule has 1 aliphatic rings. The Morgan fingerprint density at radius 3 is 2.56 bits per heavy atom. The molecule has 1 fully saturated rings. The van der Waals surface area contributed by atoms with E-state index in [0.717, 1.165) is 12.1 Å². The second-order valence-corrected chi connectivity index (χ2v) is 7.01. The number of hydrogen-bond acceptors (Lipinski definition) is 10. The van der Waals surface area contributed by atoms with Crippen molar-refractivity contribution in [2.75, 3.05) is 44.9 Å². The van der Waals surface area contributed by atoms with E-state index in [1.54, 1.807) is 30.0 Å². The summed E-state index contributed by atoms with van der Waals surface area (Å²) in [6, 6.07) is 8.16. The first kappa shape index (κ1) is 24.4. The van der Waals surface area contributed by atoms with Gasteiger partial charge in [-0.1, -0.05) is 0 Å². The molecule has 0 bridgehead atoms. The standard InChI is InChI=1S/C21H23N5O8/c1-2-33-20-11-15(3-6-19(20)34-14-21(27)24-7-9-32-10-8-24)13-22-23-17-5-4-16(25(28)29)12-18(17)26(30)31/h3-6,11-13,23H,2,7-10,14H2,1H3/b22-13+. The molecule has 1 saturated heterocycles. The van der Waals surface area contributed by atoms with Gasteiger partial charge in [0.05, 0.1) is 41.9 Å². The number of carbonyl (C=O) groups excluding carboxylic acids is 1. The summed E-state index contributed by atoms with van der Waals surface area (Å²) in [5.41, 5.74) is 2.24. The highest BCUT2D eigenvalue weighted by molar-refractivity contribution is 5.82. The zero-order chi connectivity index (χ0) is 24.5. The molecule has 1 amide bonds. The van der Waals surface area contributed by atoms with Gasteiger partial charge in [-0.25, -0.2) is 0 Å². The third-order valence-electron chi connectivity index (χ3n) is 4.77. The predicted octanol–water partition coefficient (Wildman–Crippen LogP) is 2.59. The van der Waals surface area contributed by atoms with Crippen molar-refractivity contribution in [2.24, 2.45) is 5.10 Å². The molecule has 3 rings (SSSR count). The number of nitrogens with one attached hydrogen (secondary N) is 1. The van der Waals surface area contributed by atoms with E-state index in [4.69, 9.17) is 14.2 Å². The average Bonchev–Trinajstić information content (AvgIpc) is 2.84. The first-order chi connectivity index (χ1) is 16.4. The summed E-state index contributed by atoms with van der Waals surface area (Å²) in [4.78, 5) is 34.6. The van der Waals surface area contributed by atoms with Crippen LogP contribution in [0.3, 0.4) is 0 Å². The van der Waals surface area contributed by atoms with E-state index in [9.17, 15) is 25.0 Å². The number of morpholine rings is 1. The van der Waals surface area contributed by atoms with Gasteiger partial charge in [-0.05, 0) is 36.8 Å². The fourth-order valence-electron chi connectivity index (χ4n) is 3.09. The third kappa shape index (κ3) is 6.38. The molecule has 2 aromatic rings. The lowest BCUT2D eigenvalue weighted by Crippen LogP contribution is -2.43. The van der Waals surface area contributed by atoms with E-state index in [0.29, 0.717) is 50.0 Å². The van der Waals surface area contributed by atoms with Crippen LogP contribution in [-0.4, -0.2) is 66.4 Å². The lowest BCUT2D eigenvalue weighted by molar-refractivity contribution is -0.393. The van der Waals surface area contributed by atoms with E-state index in [1.165, 1.54) is 12.3 Å². The van der Waals surface area contributed by atoms with Crippen LogP contribution in [-0.2, 0) is 9.53 Å². The van der Waals surface area contributed by atoms with Crippen LogP contribution in [0, 0.1) is 20.2 Å². The maximum absolute atomic E-state index is 12.3. The molecule has 34 heavy (non-hydrogen) atoms. The number of ether oxygens (including phenoxy) is 3. The van der Waals surface area contributed by atoms with Crippen LogP contribution >= 0.6 is 0 Å². The smallest absolute Gasteiger partial charge is 0.301 e. The molecule has 13 heteroatoms. The summed E-state index contributed by atoms with van der Waals surface area (Å²) in [6.07, 6.45) is 1.40. The first-order valence-electron chi connectivity index (χ1n) is 10.4. The number of hydrazone groups is 1. The summed E-state index contributed by atoms with van der Waals surface area (Å²) in [6.45, 7) is 4.08.